The molecule has 8 heteroatoms. The maximum absolute atomic E-state index is 13.2. The van der Waals surface area contributed by atoms with Gasteiger partial charge in [-0.25, -0.2) is 18.6 Å². The number of nitrogens with zero attached hydrogens (tertiary/aromatic N) is 2. The van der Waals surface area contributed by atoms with Crippen LogP contribution in [0.15, 0.2) is 47.5 Å². The summed E-state index contributed by atoms with van der Waals surface area (Å²) in [5.74, 6) is -3.35. The normalized spacial score (nSPS) is 19.2. The minimum Gasteiger partial charge on any atom is -0.325 e. The molecule has 1 aromatic carbocycles. The zero-order valence-electron chi connectivity index (χ0n) is 12.7. The molecule has 0 radical (unpaired) electrons. The largest absolute Gasteiger partial charge is 0.347 e. The van der Waals surface area contributed by atoms with Crippen LogP contribution in [0.2, 0.25) is 0 Å². The summed E-state index contributed by atoms with van der Waals surface area (Å²) in [4.78, 5) is 27.3. The molecule has 1 fully saturated rings. The number of anilines is 1. The molecule has 126 valence electrons. The number of aromatic nitrogens is 2. The highest BCUT2D eigenvalue weighted by atomic mass is 19.3. The molecular formula is C16H16F2N4O2. The lowest BCUT2D eigenvalue weighted by Gasteiger charge is -2.12. The molecule has 0 saturated carbocycles. The number of rotatable bonds is 4. The SMILES string of the molecule is O=C(Nc1cccc(Cn2cccnc2=O)c1)C1CC(F)(F)CN1. The molecule has 0 spiro atoms. The summed E-state index contributed by atoms with van der Waals surface area (Å²) in [5.41, 5.74) is 0.906. The summed E-state index contributed by atoms with van der Waals surface area (Å²) in [6.45, 7) is -0.189. The number of benzene rings is 1. The molecule has 1 amide bonds. The van der Waals surface area contributed by atoms with Crippen molar-refractivity contribution in [3.05, 3.63) is 58.8 Å². The van der Waals surface area contributed by atoms with Gasteiger partial charge in [0.15, 0.2) is 0 Å². The highest BCUT2D eigenvalue weighted by Gasteiger charge is 2.42. The van der Waals surface area contributed by atoms with E-state index in [4.69, 9.17) is 0 Å². The predicted octanol–water partition coefficient (Wildman–Crippen LogP) is 1.23. The van der Waals surface area contributed by atoms with Crippen LogP contribution < -0.4 is 16.3 Å². The second kappa shape index (κ2) is 6.48. The van der Waals surface area contributed by atoms with Gasteiger partial charge in [-0.05, 0) is 23.8 Å². The van der Waals surface area contributed by atoms with Crippen molar-refractivity contribution in [2.75, 3.05) is 11.9 Å². The molecule has 2 aromatic rings. The molecule has 1 aromatic heterocycles. The van der Waals surface area contributed by atoms with E-state index in [2.05, 4.69) is 15.6 Å². The van der Waals surface area contributed by atoms with Gasteiger partial charge in [0, 0.05) is 24.5 Å². The zero-order valence-corrected chi connectivity index (χ0v) is 12.7. The average molecular weight is 334 g/mol. The summed E-state index contributed by atoms with van der Waals surface area (Å²) < 4.78 is 27.7. The van der Waals surface area contributed by atoms with Crippen LogP contribution in [-0.2, 0) is 11.3 Å². The van der Waals surface area contributed by atoms with Crippen molar-refractivity contribution in [3.8, 4) is 0 Å². The Morgan fingerprint density at radius 3 is 2.96 bits per heavy atom. The number of halogens is 2. The molecular weight excluding hydrogens is 318 g/mol. The van der Waals surface area contributed by atoms with Gasteiger partial charge in [-0.15, -0.1) is 0 Å². The van der Waals surface area contributed by atoms with E-state index in [1.54, 1.807) is 36.5 Å². The Labute approximate surface area is 136 Å². The quantitative estimate of drug-likeness (QED) is 0.882. The van der Waals surface area contributed by atoms with E-state index < -0.39 is 30.8 Å². The van der Waals surface area contributed by atoms with E-state index in [1.165, 1.54) is 10.8 Å². The molecule has 1 unspecified atom stereocenters. The highest BCUT2D eigenvalue weighted by Crippen LogP contribution is 2.25. The Bertz CT molecular complexity index is 806. The monoisotopic (exact) mass is 334 g/mol. The minimum atomic E-state index is -2.86. The van der Waals surface area contributed by atoms with Crippen molar-refractivity contribution < 1.29 is 13.6 Å². The molecule has 1 saturated heterocycles. The number of hydrogen-bond donors (Lipinski definition) is 2. The first-order valence-electron chi connectivity index (χ1n) is 7.45. The molecule has 3 rings (SSSR count). The van der Waals surface area contributed by atoms with Crippen molar-refractivity contribution in [2.45, 2.75) is 24.9 Å². The van der Waals surface area contributed by atoms with Crippen LogP contribution in [0.5, 0.6) is 0 Å². The van der Waals surface area contributed by atoms with Gasteiger partial charge in [0.1, 0.15) is 0 Å². The number of hydrogen-bond acceptors (Lipinski definition) is 4. The Morgan fingerprint density at radius 1 is 1.42 bits per heavy atom. The number of carbonyl (C=O) groups is 1. The molecule has 1 aliphatic rings. The first-order valence-corrected chi connectivity index (χ1v) is 7.45. The van der Waals surface area contributed by atoms with E-state index in [9.17, 15) is 18.4 Å². The standard InChI is InChI=1S/C16H16F2N4O2/c17-16(18)8-13(20-10-16)14(23)21-12-4-1-3-11(7-12)9-22-6-2-5-19-15(22)24/h1-7,13,20H,8-10H2,(H,21,23). The fourth-order valence-corrected chi connectivity index (χ4v) is 2.58. The lowest BCUT2D eigenvalue weighted by Crippen LogP contribution is -2.35. The maximum atomic E-state index is 13.2. The first kappa shape index (κ1) is 16.3. The van der Waals surface area contributed by atoms with Gasteiger partial charge in [-0.1, -0.05) is 12.1 Å². The lowest BCUT2D eigenvalue weighted by atomic mass is 10.1. The van der Waals surface area contributed by atoms with E-state index in [-0.39, 0.29) is 5.69 Å². The molecule has 24 heavy (non-hydrogen) atoms. The van der Waals surface area contributed by atoms with E-state index in [1.807, 2.05) is 0 Å². The van der Waals surface area contributed by atoms with Crippen molar-refractivity contribution >= 4 is 11.6 Å². The fraction of sp³-hybridized carbons (Fsp3) is 0.312. The Hall–Kier alpha value is -2.61. The molecule has 0 bridgehead atoms. The van der Waals surface area contributed by atoms with Crippen molar-refractivity contribution in [2.24, 2.45) is 0 Å². The average Bonchev–Trinajstić information content (AvgIpc) is 2.90. The van der Waals surface area contributed by atoms with Gasteiger partial charge >= 0.3 is 5.69 Å². The third kappa shape index (κ3) is 3.83. The predicted molar refractivity (Wildman–Crippen MR) is 84.0 cm³/mol. The first-order chi connectivity index (χ1) is 11.4. The van der Waals surface area contributed by atoms with Crippen molar-refractivity contribution in [1.29, 1.82) is 0 Å². The van der Waals surface area contributed by atoms with Crippen LogP contribution in [0.1, 0.15) is 12.0 Å². The maximum Gasteiger partial charge on any atom is 0.347 e. The van der Waals surface area contributed by atoms with Gasteiger partial charge in [0.05, 0.1) is 19.1 Å². The molecule has 1 atom stereocenters. The summed E-state index contributed by atoms with van der Waals surface area (Å²) in [5, 5.41) is 5.14. The topological polar surface area (TPSA) is 76.0 Å². The molecule has 6 nitrogen and oxygen atoms in total. The third-order valence-corrected chi connectivity index (χ3v) is 3.76. The fourth-order valence-electron chi connectivity index (χ4n) is 2.58. The van der Waals surface area contributed by atoms with E-state index in [0.29, 0.717) is 12.2 Å². The second-order valence-corrected chi connectivity index (χ2v) is 5.71. The van der Waals surface area contributed by atoms with Crippen LogP contribution in [0.25, 0.3) is 0 Å². The van der Waals surface area contributed by atoms with E-state index >= 15 is 0 Å². The molecule has 0 aliphatic carbocycles. The summed E-state index contributed by atoms with van der Waals surface area (Å²) in [7, 11) is 0. The smallest absolute Gasteiger partial charge is 0.325 e. The Balaban J connectivity index is 1.68. The molecule has 1 aliphatic heterocycles. The summed E-state index contributed by atoms with van der Waals surface area (Å²) in [6.07, 6.45) is 2.52. The van der Waals surface area contributed by atoms with Gasteiger partial charge in [0.25, 0.3) is 5.92 Å². The number of nitrogens with one attached hydrogen (secondary N) is 2. The number of carbonyl (C=O) groups excluding carboxylic acids is 1. The van der Waals surface area contributed by atoms with Gasteiger partial charge in [-0.3, -0.25) is 14.7 Å². The molecule has 2 N–H and O–H groups in total. The Kier molecular flexibility index (Phi) is 4.39. The minimum absolute atomic E-state index is 0.302. The number of alkyl halides is 2. The van der Waals surface area contributed by atoms with Crippen LogP contribution in [0.4, 0.5) is 14.5 Å². The second-order valence-electron chi connectivity index (χ2n) is 5.71. The van der Waals surface area contributed by atoms with Crippen molar-refractivity contribution in [3.63, 3.8) is 0 Å². The summed E-state index contributed by atoms with van der Waals surface area (Å²) >= 11 is 0. The third-order valence-electron chi connectivity index (χ3n) is 3.76. The van der Waals surface area contributed by atoms with Crippen molar-refractivity contribution in [1.82, 2.24) is 14.9 Å². The Morgan fingerprint density at radius 2 is 2.25 bits per heavy atom. The van der Waals surface area contributed by atoms with Crippen LogP contribution in [0, 0.1) is 0 Å². The van der Waals surface area contributed by atoms with Gasteiger partial charge in [-0.2, -0.15) is 0 Å². The number of amides is 1. The van der Waals surface area contributed by atoms with Crippen LogP contribution >= 0.6 is 0 Å². The van der Waals surface area contributed by atoms with Gasteiger partial charge < -0.3 is 5.32 Å². The summed E-state index contributed by atoms with van der Waals surface area (Å²) in [6, 6.07) is 7.63. The van der Waals surface area contributed by atoms with Crippen LogP contribution in [-0.4, -0.2) is 34.0 Å². The highest BCUT2D eigenvalue weighted by molar-refractivity contribution is 5.95. The zero-order chi connectivity index (χ0) is 17.2. The lowest BCUT2D eigenvalue weighted by molar-refractivity contribution is -0.118. The van der Waals surface area contributed by atoms with E-state index in [0.717, 1.165) is 5.56 Å². The molecule has 2 heterocycles. The van der Waals surface area contributed by atoms with Crippen LogP contribution in [0.3, 0.4) is 0 Å². The van der Waals surface area contributed by atoms with Gasteiger partial charge in [0.2, 0.25) is 5.91 Å².